The number of allylic oxidation sites excluding steroid dienone is 2. The Morgan fingerprint density at radius 2 is 2.15 bits per heavy atom. The molecule has 3 rings (SSSR count). The van der Waals surface area contributed by atoms with Crippen LogP contribution < -0.4 is 0 Å². The highest BCUT2D eigenvalue weighted by Gasteiger charge is 2.63. The highest BCUT2D eigenvalue weighted by atomic mass is 35.5. The largest absolute Gasteiger partial charge is 0.464 e. The van der Waals surface area contributed by atoms with Gasteiger partial charge in [0.2, 0.25) is 0 Å². The van der Waals surface area contributed by atoms with Gasteiger partial charge in [-0.15, -0.1) is 0 Å². The Hall–Kier alpha value is -1.33. The van der Waals surface area contributed by atoms with Crippen molar-refractivity contribution < 1.29 is 19.4 Å². The first-order valence-corrected chi connectivity index (χ1v) is 9.79. The first kappa shape index (κ1) is 20.4. The number of esters is 1. The third kappa shape index (κ3) is 3.33. The van der Waals surface area contributed by atoms with Crippen LogP contribution in [0.1, 0.15) is 38.9 Å². The van der Waals surface area contributed by atoms with Crippen molar-refractivity contribution in [3.05, 3.63) is 57.6 Å². The van der Waals surface area contributed by atoms with Crippen LogP contribution in [0.15, 0.2) is 42.0 Å². The number of halogens is 2. The molecule has 0 radical (unpaired) electrons. The van der Waals surface area contributed by atoms with E-state index in [9.17, 15) is 9.90 Å². The van der Waals surface area contributed by atoms with Crippen molar-refractivity contribution in [3.8, 4) is 0 Å². The maximum Gasteiger partial charge on any atom is 0.338 e. The number of carbonyl (C=O) groups excluding carboxylic acids is 1. The summed E-state index contributed by atoms with van der Waals surface area (Å²) in [6.45, 7) is 9.78. The molecular weight excluding hydrogens is 387 g/mol. The Balaban J connectivity index is 2.15. The van der Waals surface area contributed by atoms with Crippen molar-refractivity contribution in [3.63, 3.8) is 0 Å². The van der Waals surface area contributed by atoms with E-state index in [2.05, 4.69) is 6.58 Å². The fraction of sp³-hybridized carbons (Fsp3) is 0.476. The second-order valence-corrected chi connectivity index (χ2v) is 8.13. The summed E-state index contributed by atoms with van der Waals surface area (Å²) < 4.78 is 11.3. The first-order valence-electron chi connectivity index (χ1n) is 9.03. The van der Waals surface area contributed by atoms with E-state index in [4.69, 9.17) is 32.7 Å². The summed E-state index contributed by atoms with van der Waals surface area (Å²) in [6, 6.07) is 5.15. The van der Waals surface area contributed by atoms with Crippen LogP contribution in [0.4, 0.5) is 0 Å². The molecule has 5 atom stereocenters. The van der Waals surface area contributed by atoms with Gasteiger partial charge in [0.1, 0.15) is 5.60 Å². The molecule has 1 aromatic carbocycles. The lowest BCUT2D eigenvalue weighted by Gasteiger charge is -2.42. The van der Waals surface area contributed by atoms with Crippen LogP contribution in [0.5, 0.6) is 0 Å². The van der Waals surface area contributed by atoms with E-state index in [1.807, 2.05) is 19.9 Å². The van der Waals surface area contributed by atoms with Crippen molar-refractivity contribution in [2.75, 3.05) is 6.61 Å². The van der Waals surface area contributed by atoms with Crippen LogP contribution in [-0.2, 0) is 14.3 Å². The van der Waals surface area contributed by atoms with Gasteiger partial charge in [0.15, 0.2) is 6.10 Å². The lowest BCUT2D eigenvalue weighted by atomic mass is 9.63. The molecular formula is C21H24Cl2O4. The lowest BCUT2D eigenvalue weighted by Crippen LogP contribution is -2.53. The number of rotatable bonds is 4. The molecule has 146 valence electrons. The first-order chi connectivity index (χ1) is 12.7. The van der Waals surface area contributed by atoms with Crippen molar-refractivity contribution in [2.45, 2.75) is 45.0 Å². The summed E-state index contributed by atoms with van der Waals surface area (Å²) in [5, 5.41) is 12.7. The molecule has 0 bridgehead atoms. The van der Waals surface area contributed by atoms with E-state index in [0.29, 0.717) is 21.2 Å². The van der Waals surface area contributed by atoms with Crippen LogP contribution in [0, 0.1) is 11.8 Å². The molecule has 1 fully saturated rings. The van der Waals surface area contributed by atoms with Gasteiger partial charge in [-0.05, 0) is 56.4 Å². The number of benzene rings is 1. The SMILES string of the molecule is C=C(C)[C@H]1CC=C(C)[C@@]2(O)[C@@H]1[C@H](c1ccc(Cl)cc1Cl)O[C@@H]2C(=O)OCC. The monoisotopic (exact) mass is 410 g/mol. The molecule has 1 heterocycles. The number of carbonyl (C=O) groups is 1. The van der Waals surface area contributed by atoms with E-state index >= 15 is 0 Å². The fourth-order valence-corrected chi connectivity index (χ4v) is 4.82. The normalized spacial score (nSPS) is 32.6. The molecule has 1 aliphatic carbocycles. The molecule has 0 unspecified atom stereocenters. The molecule has 6 heteroatoms. The fourth-order valence-electron chi connectivity index (χ4n) is 4.30. The molecule has 1 N–H and O–H groups in total. The Bertz CT molecular complexity index is 803. The van der Waals surface area contributed by atoms with Gasteiger partial charge in [0.25, 0.3) is 0 Å². The molecule has 0 saturated carbocycles. The summed E-state index contributed by atoms with van der Waals surface area (Å²) in [7, 11) is 0. The Morgan fingerprint density at radius 3 is 2.74 bits per heavy atom. The standard InChI is InChI=1S/C21H24Cl2O4/c1-5-26-20(24)19-21(25)12(4)6-8-14(11(2)3)17(21)18(27-19)15-9-7-13(22)10-16(15)23/h6-7,9-10,14,17-19,25H,2,5,8H2,1,3-4H3/t14-,17+,18+,19-,21-/m1/s1. The maximum atomic E-state index is 12.6. The molecule has 4 nitrogen and oxygen atoms in total. The Labute approximate surface area is 169 Å². The zero-order valence-corrected chi connectivity index (χ0v) is 17.2. The third-order valence-electron chi connectivity index (χ3n) is 5.66. The van der Waals surface area contributed by atoms with Crippen LogP contribution >= 0.6 is 23.2 Å². The van der Waals surface area contributed by atoms with Crippen molar-refractivity contribution >= 4 is 29.2 Å². The number of ether oxygens (including phenoxy) is 2. The average Bonchev–Trinajstić information content (AvgIpc) is 2.90. The highest BCUT2D eigenvalue weighted by molar-refractivity contribution is 6.35. The molecule has 0 aromatic heterocycles. The topological polar surface area (TPSA) is 55.8 Å². The minimum absolute atomic E-state index is 0.0603. The van der Waals surface area contributed by atoms with E-state index < -0.39 is 29.7 Å². The van der Waals surface area contributed by atoms with E-state index in [1.54, 1.807) is 25.1 Å². The minimum Gasteiger partial charge on any atom is -0.464 e. The molecule has 0 spiro atoms. The minimum atomic E-state index is -1.48. The lowest BCUT2D eigenvalue weighted by molar-refractivity contribution is -0.164. The number of fused-ring (bicyclic) bond motifs is 1. The van der Waals surface area contributed by atoms with Gasteiger partial charge >= 0.3 is 5.97 Å². The van der Waals surface area contributed by atoms with Crippen molar-refractivity contribution in [1.82, 2.24) is 0 Å². The Kier molecular flexibility index (Phi) is 5.74. The maximum absolute atomic E-state index is 12.6. The van der Waals surface area contributed by atoms with Crippen LogP contribution in [0.3, 0.4) is 0 Å². The van der Waals surface area contributed by atoms with Gasteiger partial charge < -0.3 is 14.6 Å². The zero-order valence-electron chi connectivity index (χ0n) is 15.7. The predicted molar refractivity (Wildman–Crippen MR) is 106 cm³/mol. The number of aliphatic hydroxyl groups is 1. The number of hydrogen-bond donors (Lipinski definition) is 1. The van der Waals surface area contributed by atoms with E-state index in [1.165, 1.54) is 0 Å². The molecule has 2 aliphatic rings. The molecule has 1 aromatic rings. The summed E-state index contributed by atoms with van der Waals surface area (Å²) in [6.07, 6.45) is 0.962. The zero-order chi connectivity index (χ0) is 19.9. The third-order valence-corrected chi connectivity index (χ3v) is 6.23. The second kappa shape index (κ2) is 7.59. The van der Waals surface area contributed by atoms with Gasteiger partial charge in [-0.1, -0.05) is 47.5 Å². The van der Waals surface area contributed by atoms with Gasteiger partial charge in [0.05, 0.1) is 12.7 Å². The summed E-state index contributed by atoms with van der Waals surface area (Å²) in [5.41, 5.74) is 0.833. The van der Waals surface area contributed by atoms with Gasteiger partial charge in [0, 0.05) is 16.0 Å². The predicted octanol–water partition coefficient (Wildman–Crippen LogP) is 4.89. The van der Waals surface area contributed by atoms with Gasteiger partial charge in [-0.2, -0.15) is 0 Å². The quantitative estimate of drug-likeness (QED) is 0.567. The van der Waals surface area contributed by atoms with Crippen LogP contribution in [0.2, 0.25) is 10.0 Å². The van der Waals surface area contributed by atoms with Gasteiger partial charge in [-0.3, -0.25) is 0 Å². The molecule has 0 amide bonds. The molecule has 1 aliphatic heterocycles. The summed E-state index contributed by atoms with van der Waals surface area (Å²) in [5.74, 6) is -1.05. The van der Waals surface area contributed by atoms with E-state index in [-0.39, 0.29) is 12.5 Å². The molecule has 27 heavy (non-hydrogen) atoms. The Morgan fingerprint density at radius 1 is 1.44 bits per heavy atom. The summed E-state index contributed by atoms with van der Waals surface area (Å²) >= 11 is 12.5. The second-order valence-electron chi connectivity index (χ2n) is 7.28. The highest BCUT2D eigenvalue weighted by Crippen LogP contribution is 2.57. The van der Waals surface area contributed by atoms with Crippen molar-refractivity contribution in [1.29, 1.82) is 0 Å². The molecule has 1 saturated heterocycles. The average molecular weight is 411 g/mol. The van der Waals surface area contributed by atoms with E-state index in [0.717, 1.165) is 12.0 Å². The van der Waals surface area contributed by atoms with Crippen LogP contribution in [-0.4, -0.2) is 29.4 Å². The van der Waals surface area contributed by atoms with Crippen LogP contribution in [0.25, 0.3) is 0 Å². The van der Waals surface area contributed by atoms with Gasteiger partial charge in [-0.25, -0.2) is 4.79 Å². The smallest absolute Gasteiger partial charge is 0.338 e. The number of hydrogen-bond acceptors (Lipinski definition) is 4. The summed E-state index contributed by atoms with van der Waals surface area (Å²) in [4.78, 5) is 12.6. The van der Waals surface area contributed by atoms with Crippen molar-refractivity contribution in [2.24, 2.45) is 11.8 Å².